The van der Waals surface area contributed by atoms with Crippen molar-refractivity contribution in [3.8, 4) is 5.75 Å². The summed E-state index contributed by atoms with van der Waals surface area (Å²) in [5, 5.41) is 7.51. The number of carbonyl (C=O) groups excluding carboxylic acids is 2. The van der Waals surface area contributed by atoms with Crippen molar-refractivity contribution in [2.45, 2.75) is 25.5 Å². The van der Waals surface area contributed by atoms with Crippen molar-refractivity contribution in [1.82, 2.24) is 10.7 Å². The molecule has 2 atom stereocenters. The average Bonchev–Trinajstić information content (AvgIpc) is 2.82. The van der Waals surface area contributed by atoms with Crippen LogP contribution in [-0.4, -0.2) is 30.2 Å². The van der Waals surface area contributed by atoms with Crippen LogP contribution in [0, 0.1) is 0 Å². The van der Waals surface area contributed by atoms with Crippen LogP contribution in [0.5, 0.6) is 5.75 Å². The number of benzene rings is 3. The molecule has 3 rings (SSSR count). The van der Waals surface area contributed by atoms with Gasteiger partial charge in [0.1, 0.15) is 11.8 Å². The Morgan fingerprint density at radius 2 is 1.74 bits per heavy atom. The van der Waals surface area contributed by atoms with Crippen molar-refractivity contribution in [3.63, 3.8) is 0 Å². The molecule has 0 saturated carbocycles. The SMILES string of the molecule is C[C@@H](Oc1ccc(Cl)cc1Cl)C(=O)N[C@H](Cc1ccccc1)C(=O)N/N=C\c1ccc(Br)cc1. The Labute approximate surface area is 216 Å². The van der Waals surface area contributed by atoms with Gasteiger partial charge in [-0.1, -0.05) is 81.6 Å². The van der Waals surface area contributed by atoms with Crippen molar-refractivity contribution >= 4 is 57.2 Å². The Morgan fingerprint density at radius 1 is 1.03 bits per heavy atom. The van der Waals surface area contributed by atoms with Crippen LogP contribution in [0.1, 0.15) is 18.1 Å². The first-order valence-electron chi connectivity index (χ1n) is 10.4. The molecule has 0 radical (unpaired) electrons. The molecule has 3 aromatic carbocycles. The number of amides is 2. The smallest absolute Gasteiger partial charge is 0.262 e. The van der Waals surface area contributed by atoms with Crippen molar-refractivity contribution < 1.29 is 14.3 Å². The van der Waals surface area contributed by atoms with Gasteiger partial charge in [0, 0.05) is 15.9 Å². The Hall–Kier alpha value is -2.87. The van der Waals surface area contributed by atoms with E-state index in [1.165, 1.54) is 12.3 Å². The molecule has 2 amide bonds. The number of ether oxygens (including phenoxy) is 1. The van der Waals surface area contributed by atoms with Crippen LogP contribution in [0.2, 0.25) is 10.0 Å². The number of hydrazone groups is 1. The van der Waals surface area contributed by atoms with Crippen LogP contribution in [0.25, 0.3) is 0 Å². The highest BCUT2D eigenvalue weighted by Crippen LogP contribution is 2.28. The molecule has 176 valence electrons. The van der Waals surface area contributed by atoms with Crippen LogP contribution < -0.4 is 15.5 Å². The van der Waals surface area contributed by atoms with Crippen LogP contribution in [0.15, 0.2) is 82.4 Å². The first-order valence-corrected chi connectivity index (χ1v) is 11.9. The predicted molar refractivity (Wildman–Crippen MR) is 139 cm³/mol. The van der Waals surface area contributed by atoms with E-state index in [0.717, 1.165) is 15.6 Å². The summed E-state index contributed by atoms with van der Waals surface area (Å²) in [7, 11) is 0. The van der Waals surface area contributed by atoms with Gasteiger partial charge in [-0.25, -0.2) is 5.43 Å². The molecule has 0 spiro atoms. The van der Waals surface area contributed by atoms with Crippen LogP contribution >= 0.6 is 39.1 Å². The zero-order valence-electron chi connectivity index (χ0n) is 18.2. The highest BCUT2D eigenvalue weighted by atomic mass is 79.9. The van der Waals surface area contributed by atoms with Gasteiger partial charge >= 0.3 is 0 Å². The van der Waals surface area contributed by atoms with E-state index in [1.807, 2.05) is 54.6 Å². The molecule has 9 heteroatoms. The van der Waals surface area contributed by atoms with E-state index < -0.39 is 24.0 Å². The topological polar surface area (TPSA) is 79.8 Å². The minimum absolute atomic E-state index is 0.278. The normalized spacial score (nSPS) is 12.7. The summed E-state index contributed by atoms with van der Waals surface area (Å²) >= 11 is 15.4. The standard InChI is InChI=1S/C25H22BrCl2N3O3/c1-16(34-23-12-11-20(27)14-21(23)28)24(32)30-22(13-17-5-3-2-4-6-17)25(33)31-29-15-18-7-9-19(26)10-8-18/h2-12,14-16,22H,13H2,1H3,(H,30,32)(H,31,33)/b29-15-/t16-,22-/m1/s1. The summed E-state index contributed by atoms with van der Waals surface area (Å²) in [6, 6.07) is 20.7. The minimum atomic E-state index is -0.906. The molecule has 2 N–H and O–H groups in total. The van der Waals surface area contributed by atoms with Gasteiger partial charge in [-0.15, -0.1) is 0 Å². The molecule has 34 heavy (non-hydrogen) atoms. The molecular formula is C25H22BrCl2N3O3. The molecule has 0 aromatic heterocycles. The number of nitrogens with one attached hydrogen (secondary N) is 2. The van der Waals surface area contributed by atoms with Crippen molar-refractivity contribution in [2.24, 2.45) is 5.10 Å². The van der Waals surface area contributed by atoms with Crippen molar-refractivity contribution in [3.05, 3.63) is 98.4 Å². The lowest BCUT2D eigenvalue weighted by Gasteiger charge is -2.21. The third-order valence-corrected chi connectivity index (χ3v) is 5.80. The van der Waals surface area contributed by atoms with Gasteiger partial charge in [0.05, 0.1) is 11.2 Å². The fraction of sp³-hybridized carbons (Fsp3) is 0.160. The molecule has 0 aliphatic carbocycles. The van der Waals surface area contributed by atoms with E-state index >= 15 is 0 Å². The third-order valence-electron chi connectivity index (χ3n) is 4.74. The van der Waals surface area contributed by atoms with E-state index in [1.54, 1.807) is 19.1 Å². The van der Waals surface area contributed by atoms with E-state index in [2.05, 4.69) is 31.8 Å². The molecule has 0 fully saturated rings. The predicted octanol–water partition coefficient (Wildman–Crippen LogP) is 5.40. The Balaban J connectivity index is 1.68. The summed E-state index contributed by atoms with van der Waals surface area (Å²) in [6.07, 6.45) is 0.900. The van der Waals surface area contributed by atoms with E-state index in [-0.39, 0.29) is 11.4 Å². The quantitative estimate of drug-likeness (QED) is 0.271. The van der Waals surface area contributed by atoms with Gasteiger partial charge in [-0.05, 0) is 48.4 Å². The van der Waals surface area contributed by atoms with Crippen molar-refractivity contribution in [2.75, 3.05) is 0 Å². The number of hydrogen-bond donors (Lipinski definition) is 2. The Kier molecular flexibility index (Phi) is 9.51. The maximum Gasteiger partial charge on any atom is 0.262 e. The monoisotopic (exact) mass is 561 g/mol. The second-order valence-corrected chi connectivity index (χ2v) is 9.13. The largest absolute Gasteiger partial charge is 0.479 e. The summed E-state index contributed by atoms with van der Waals surface area (Å²) in [6.45, 7) is 1.57. The molecule has 0 unspecified atom stereocenters. The number of hydrogen-bond acceptors (Lipinski definition) is 4. The first-order chi connectivity index (χ1) is 16.3. The average molecular weight is 563 g/mol. The zero-order chi connectivity index (χ0) is 24.5. The van der Waals surface area contributed by atoms with Crippen LogP contribution in [-0.2, 0) is 16.0 Å². The molecule has 0 aliphatic heterocycles. The maximum atomic E-state index is 12.9. The fourth-order valence-corrected chi connectivity index (χ4v) is 3.68. The molecule has 6 nitrogen and oxygen atoms in total. The molecular weight excluding hydrogens is 541 g/mol. The van der Waals surface area contributed by atoms with Gasteiger partial charge in [0.25, 0.3) is 11.8 Å². The fourth-order valence-electron chi connectivity index (χ4n) is 2.96. The first kappa shape index (κ1) is 25.7. The van der Waals surface area contributed by atoms with Gasteiger partial charge in [-0.2, -0.15) is 5.10 Å². The van der Waals surface area contributed by atoms with Gasteiger partial charge < -0.3 is 10.1 Å². The third kappa shape index (κ3) is 7.87. The molecule has 0 aliphatic rings. The number of nitrogens with zero attached hydrogens (tertiary/aromatic N) is 1. The van der Waals surface area contributed by atoms with Crippen molar-refractivity contribution in [1.29, 1.82) is 0 Å². The lowest BCUT2D eigenvalue weighted by atomic mass is 10.1. The van der Waals surface area contributed by atoms with Gasteiger partial charge in [0.15, 0.2) is 6.10 Å². The summed E-state index contributed by atoms with van der Waals surface area (Å²) < 4.78 is 6.61. The number of rotatable bonds is 9. The van der Waals surface area contributed by atoms with E-state index in [0.29, 0.717) is 10.8 Å². The van der Waals surface area contributed by atoms with Crippen LogP contribution in [0.3, 0.4) is 0 Å². The molecule has 0 bridgehead atoms. The van der Waals surface area contributed by atoms with E-state index in [9.17, 15) is 9.59 Å². The minimum Gasteiger partial charge on any atom is -0.479 e. The molecule has 0 saturated heterocycles. The lowest BCUT2D eigenvalue weighted by molar-refractivity contribution is -0.132. The van der Waals surface area contributed by atoms with Gasteiger partial charge in [0.2, 0.25) is 0 Å². The maximum absolute atomic E-state index is 12.9. The Bertz CT molecular complexity index is 1160. The lowest BCUT2D eigenvalue weighted by Crippen LogP contribution is -2.50. The number of carbonyl (C=O) groups is 2. The Morgan fingerprint density at radius 3 is 2.41 bits per heavy atom. The number of halogens is 3. The summed E-state index contributed by atoms with van der Waals surface area (Å²) in [5.41, 5.74) is 4.20. The highest BCUT2D eigenvalue weighted by molar-refractivity contribution is 9.10. The summed E-state index contributed by atoms with van der Waals surface area (Å²) in [5.74, 6) is -0.613. The summed E-state index contributed by atoms with van der Waals surface area (Å²) in [4.78, 5) is 25.7. The second-order valence-electron chi connectivity index (χ2n) is 7.37. The van der Waals surface area contributed by atoms with Crippen LogP contribution in [0.4, 0.5) is 0 Å². The van der Waals surface area contributed by atoms with E-state index in [4.69, 9.17) is 27.9 Å². The van der Waals surface area contributed by atoms with Gasteiger partial charge in [-0.3, -0.25) is 9.59 Å². The zero-order valence-corrected chi connectivity index (χ0v) is 21.3. The molecule has 3 aromatic rings. The second kappa shape index (κ2) is 12.6. The molecule has 0 heterocycles. The highest BCUT2D eigenvalue weighted by Gasteiger charge is 2.25.